The predicted octanol–water partition coefficient (Wildman–Crippen LogP) is 5.85. The average molecular weight is 507 g/mol. The number of anilines is 1. The summed E-state index contributed by atoms with van der Waals surface area (Å²) in [5, 5.41) is 0. The molecule has 172 valence electrons. The maximum Gasteiger partial charge on any atom is 0.119 e. The van der Waals surface area contributed by atoms with E-state index < -0.39 is 0 Å². The molecule has 1 atom stereocenters. The monoisotopic (exact) mass is 506 g/mol. The average Bonchev–Trinajstić information content (AvgIpc) is 2.87. The highest BCUT2D eigenvalue weighted by atomic mass is 79.9. The molecule has 0 unspecified atom stereocenters. The van der Waals surface area contributed by atoms with Crippen LogP contribution in [0.15, 0.2) is 77.3 Å². The van der Waals surface area contributed by atoms with Crippen LogP contribution in [0.3, 0.4) is 0 Å². The third-order valence-corrected chi connectivity index (χ3v) is 7.17. The number of rotatable bonds is 7. The van der Waals surface area contributed by atoms with Crippen LogP contribution in [0.5, 0.6) is 5.75 Å². The van der Waals surface area contributed by atoms with Gasteiger partial charge in [-0.25, -0.2) is 0 Å². The minimum Gasteiger partial charge on any atom is -0.489 e. The maximum absolute atomic E-state index is 6.12. The van der Waals surface area contributed by atoms with Gasteiger partial charge in [-0.3, -0.25) is 4.90 Å². The zero-order chi connectivity index (χ0) is 22.5. The van der Waals surface area contributed by atoms with Crippen LogP contribution in [-0.2, 0) is 17.8 Å². The molecule has 3 aromatic carbocycles. The summed E-state index contributed by atoms with van der Waals surface area (Å²) in [6.45, 7) is 6.80. The third kappa shape index (κ3) is 5.78. The van der Waals surface area contributed by atoms with Gasteiger partial charge in [0.1, 0.15) is 12.4 Å². The van der Waals surface area contributed by atoms with Crippen LogP contribution in [0, 0.1) is 0 Å². The molecule has 0 aromatic heterocycles. The highest BCUT2D eigenvalue weighted by molar-refractivity contribution is 9.10. The number of hydrogen-bond donors (Lipinski definition) is 0. The molecule has 1 saturated heterocycles. The van der Waals surface area contributed by atoms with Gasteiger partial charge in [0.2, 0.25) is 0 Å². The van der Waals surface area contributed by atoms with Crippen LogP contribution in [-0.4, -0.2) is 44.2 Å². The van der Waals surface area contributed by atoms with Gasteiger partial charge in [-0.05, 0) is 65.9 Å². The molecule has 2 heterocycles. The minimum absolute atomic E-state index is 0.225. The Bertz CT molecular complexity index is 1030. The smallest absolute Gasteiger partial charge is 0.119 e. The van der Waals surface area contributed by atoms with Gasteiger partial charge in [-0.1, -0.05) is 52.3 Å². The Morgan fingerprint density at radius 2 is 1.70 bits per heavy atom. The van der Waals surface area contributed by atoms with E-state index in [1.807, 2.05) is 18.2 Å². The SMILES string of the molecule is Brc1ccc2c(c1)CCO[C@H]2CCN1CCN(c2ccc(OCc3ccccc3)cc2)CC1. The number of piperazine rings is 1. The summed E-state index contributed by atoms with van der Waals surface area (Å²) in [5.74, 6) is 0.918. The largest absolute Gasteiger partial charge is 0.489 e. The first-order chi connectivity index (χ1) is 16.2. The highest BCUT2D eigenvalue weighted by Gasteiger charge is 2.23. The molecule has 5 rings (SSSR count). The van der Waals surface area contributed by atoms with E-state index in [-0.39, 0.29) is 6.10 Å². The summed E-state index contributed by atoms with van der Waals surface area (Å²) in [4.78, 5) is 5.05. The number of ether oxygens (including phenoxy) is 2. The Labute approximate surface area is 205 Å². The second kappa shape index (κ2) is 10.7. The van der Waals surface area contributed by atoms with Crippen molar-refractivity contribution in [2.24, 2.45) is 0 Å². The van der Waals surface area contributed by atoms with Crippen molar-refractivity contribution in [3.8, 4) is 5.75 Å². The number of fused-ring (bicyclic) bond motifs is 1. The van der Waals surface area contributed by atoms with Crippen molar-refractivity contribution in [2.75, 3.05) is 44.2 Å². The Kier molecular flexibility index (Phi) is 7.30. The second-order valence-electron chi connectivity index (χ2n) is 8.84. The Morgan fingerprint density at radius 3 is 2.48 bits per heavy atom. The molecule has 0 spiro atoms. The molecule has 0 radical (unpaired) electrons. The van der Waals surface area contributed by atoms with Crippen LogP contribution in [0.25, 0.3) is 0 Å². The number of nitrogens with zero attached hydrogens (tertiary/aromatic N) is 2. The minimum atomic E-state index is 0.225. The van der Waals surface area contributed by atoms with Crippen LogP contribution in [0.2, 0.25) is 0 Å². The molecule has 33 heavy (non-hydrogen) atoms. The molecule has 0 aliphatic carbocycles. The summed E-state index contributed by atoms with van der Waals surface area (Å²) >= 11 is 3.60. The van der Waals surface area contributed by atoms with E-state index in [1.54, 1.807) is 0 Å². The predicted molar refractivity (Wildman–Crippen MR) is 137 cm³/mol. The molecular formula is C28H31BrN2O2. The normalized spacial score (nSPS) is 18.7. The van der Waals surface area contributed by atoms with E-state index in [2.05, 4.69) is 80.3 Å². The van der Waals surface area contributed by atoms with Crippen LogP contribution >= 0.6 is 15.9 Å². The molecule has 2 aliphatic heterocycles. The van der Waals surface area contributed by atoms with Crippen LogP contribution < -0.4 is 9.64 Å². The fourth-order valence-corrected chi connectivity index (χ4v) is 5.18. The van der Waals surface area contributed by atoms with Crippen molar-refractivity contribution in [1.29, 1.82) is 0 Å². The van der Waals surface area contributed by atoms with Gasteiger partial charge in [0.05, 0.1) is 12.7 Å². The lowest BCUT2D eigenvalue weighted by atomic mass is 9.95. The molecule has 1 fully saturated rings. The van der Waals surface area contributed by atoms with E-state index in [9.17, 15) is 0 Å². The molecule has 0 N–H and O–H groups in total. The lowest BCUT2D eigenvalue weighted by Crippen LogP contribution is -2.46. The molecular weight excluding hydrogens is 476 g/mol. The summed E-state index contributed by atoms with van der Waals surface area (Å²) in [6.07, 6.45) is 2.30. The van der Waals surface area contributed by atoms with E-state index in [4.69, 9.17) is 9.47 Å². The van der Waals surface area contributed by atoms with Gasteiger partial charge in [0, 0.05) is 42.9 Å². The Hall–Kier alpha value is -2.34. The molecule has 2 aliphatic rings. The molecule has 0 amide bonds. The van der Waals surface area contributed by atoms with Gasteiger partial charge in [-0.2, -0.15) is 0 Å². The van der Waals surface area contributed by atoms with Gasteiger partial charge in [0.25, 0.3) is 0 Å². The van der Waals surface area contributed by atoms with Crippen molar-refractivity contribution in [1.82, 2.24) is 4.90 Å². The fourth-order valence-electron chi connectivity index (χ4n) is 4.77. The number of hydrogen-bond acceptors (Lipinski definition) is 4. The van der Waals surface area contributed by atoms with Crippen molar-refractivity contribution >= 4 is 21.6 Å². The second-order valence-corrected chi connectivity index (χ2v) is 9.75. The maximum atomic E-state index is 6.12. The molecule has 0 saturated carbocycles. The van der Waals surface area contributed by atoms with Gasteiger partial charge >= 0.3 is 0 Å². The number of benzene rings is 3. The third-order valence-electron chi connectivity index (χ3n) is 6.67. The Morgan fingerprint density at radius 1 is 0.909 bits per heavy atom. The summed E-state index contributed by atoms with van der Waals surface area (Å²) in [5.41, 5.74) is 5.27. The van der Waals surface area contributed by atoms with Crippen molar-refractivity contribution in [3.05, 3.63) is 94.0 Å². The first kappa shape index (κ1) is 22.5. The quantitative estimate of drug-likeness (QED) is 0.401. The van der Waals surface area contributed by atoms with E-state index in [0.717, 1.165) is 62.4 Å². The van der Waals surface area contributed by atoms with E-state index >= 15 is 0 Å². The van der Waals surface area contributed by atoms with Crippen molar-refractivity contribution in [2.45, 2.75) is 25.6 Å². The molecule has 4 nitrogen and oxygen atoms in total. The van der Waals surface area contributed by atoms with Crippen molar-refractivity contribution < 1.29 is 9.47 Å². The standard InChI is InChI=1S/C28H31BrN2O2/c29-24-6-11-27-23(20-24)13-19-32-28(27)12-14-30-15-17-31(18-16-30)25-7-9-26(10-8-25)33-21-22-4-2-1-3-5-22/h1-11,20,28H,12-19,21H2/t28-/m0/s1. The van der Waals surface area contributed by atoms with Gasteiger partial charge < -0.3 is 14.4 Å². The highest BCUT2D eigenvalue weighted by Crippen LogP contribution is 2.32. The molecule has 0 bridgehead atoms. The zero-order valence-electron chi connectivity index (χ0n) is 19.0. The first-order valence-corrected chi connectivity index (χ1v) is 12.7. The summed E-state index contributed by atoms with van der Waals surface area (Å²) in [7, 11) is 0. The van der Waals surface area contributed by atoms with Gasteiger partial charge in [-0.15, -0.1) is 0 Å². The van der Waals surface area contributed by atoms with Crippen molar-refractivity contribution in [3.63, 3.8) is 0 Å². The van der Waals surface area contributed by atoms with Crippen LogP contribution in [0.4, 0.5) is 5.69 Å². The van der Waals surface area contributed by atoms with Gasteiger partial charge in [0.15, 0.2) is 0 Å². The lowest BCUT2D eigenvalue weighted by molar-refractivity contribution is 0.0289. The topological polar surface area (TPSA) is 24.9 Å². The fraction of sp³-hybridized carbons (Fsp3) is 0.357. The van der Waals surface area contributed by atoms with E-state index in [0.29, 0.717) is 6.61 Å². The van der Waals surface area contributed by atoms with Crippen LogP contribution in [0.1, 0.15) is 29.2 Å². The van der Waals surface area contributed by atoms with E-state index in [1.165, 1.54) is 22.4 Å². The summed E-state index contributed by atoms with van der Waals surface area (Å²) < 4.78 is 13.2. The summed E-state index contributed by atoms with van der Waals surface area (Å²) in [6, 6.07) is 25.4. The molecule has 3 aromatic rings. The Balaban J connectivity index is 1.08. The first-order valence-electron chi connectivity index (χ1n) is 11.9. The zero-order valence-corrected chi connectivity index (χ0v) is 20.5. The number of halogens is 1. The lowest BCUT2D eigenvalue weighted by Gasteiger charge is -2.37. The molecule has 5 heteroatoms.